The predicted octanol–water partition coefficient (Wildman–Crippen LogP) is 3.26. The summed E-state index contributed by atoms with van der Waals surface area (Å²) in [6.07, 6.45) is 2.28. The molecule has 1 unspecified atom stereocenters. The quantitative estimate of drug-likeness (QED) is 0.804. The number of halogens is 1. The van der Waals surface area contributed by atoms with Crippen LogP contribution in [0.2, 0.25) is 5.15 Å². The molecular weight excluding hydrogens is 292 g/mol. The first kappa shape index (κ1) is 16.0. The van der Waals surface area contributed by atoms with Crippen molar-refractivity contribution >= 4 is 17.7 Å². The van der Waals surface area contributed by atoms with E-state index in [1.807, 2.05) is 26.8 Å². The van der Waals surface area contributed by atoms with Crippen LogP contribution in [0.1, 0.15) is 32.8 Å². The van der Waals surface area contributed by atoms with E-state index in [4.69, 9.17) is 21.1 Å². The highest BCUT2D eigenvalue weighted by Gasteiger charge is 2.30. The van der Waals surface area contributed by atoms with E-state index in [0.29, 0.717) is 24.8 Å². The fourth-order valence-electron chi connectivity index (χ4n) is 2.06. The van der Waals surface area contributed by atoms with Crippen LogP contribution in [0.15, 0.2) is 18.3 Å². The number of carbonyl (C=O) groups is 1. The lowest BCUT2D eigenvalue weighted by atomic mass is 10.2. The zero-order chi connectivity index (χ0) is 15.5. The maximum absolute atomic E-state index is 11.9. The van der Waals surface area contributed by atoms with Crippen LogP contribution in [0.5, 0.6) is 0 Å². The molecule has 0 aliphatic carbocycles. The summed E-state index contributed by atoms with van der Waals surface area (Å²) in [5.74, 6) is 0. The van der Waals surface area contributed by atoms with Gasteiger partial charge in [0.1, 0.15) is 10.8 Å². The lowest BCUT2D eigenvalue weighted by Gasteiger charge is -2.24. The number of amides is 1. The fraction of sp³-hybridized carbons (Fsp3) is 0.600. The van der Waals surface area contributed by atoms with Crippen LogP contribution >= 0.6 is 11.6 Å². The highest BCUT2D eigenvalue weighted by atomic mass is 35.5. The Morgan fingerprint density at radius 2 is 2.24 bits per heavy atom. The Hall–Kier alpha value is -1.33. The van der Waals surface area contributed by atoms with Crippen molar-refractivity contribution in [1.82, 2.24) is 9.88 Å². The number of ether oxygens (including phenoxy) is 2. The van der Waals surface area contributed by atoms with Gasteiger partial charge in [-0.3, -0.25) is 0 Å². The molecule has 116 valence electrons. The zero-order valence-corrected chi connectivity index (χ0v) is 13.4. The molecule has 6 heteroatoms. The molecule has 1 amide bonds. The second-order valence-corrected chi connectivity index (χ2v) is 6.52. The highest BCUT2D eigenvalue weighted by molar-refractivity contribution is 6.29. The van der Waals surface area contributed by atoms with Gasteiger partial charge in [-0.25, -0.2) is 9.78 Å². The van der Waals surface area contributed by atoms with Crippen molar-refractivity contribution < 1.29 is 14.3 Å². The first-order valence-corrected chi connectivity index (χ1v) is 7.41. The van der Waals surface area contributed by atoms with E-state index in [-0.39, 0.29) is 12.2 Å². The molecule has 0 radical (unpaired) electrons. The van der Waals surface area contributed by atoms with Crippen molar-refractivity contribution in [2.75, 3.05) is 13.1 Å². The van der Waals surface area contributed by atoms with Gasteiger partial charge in [-0.2, -0.15) is 0 Å². The Balaban J connectivity index is 1.77. The number of pyridine rings is 1. The summed E-state index contributed by atoms with van der Waals surface area (Å²) >= 11 is 5.74. The van der Waals surface area contributed by atoms with E-state index >= 15 is 0 Å². The molecular formula is C15H21ClN2O3. The minimum atomic E-state index is -0.467. The van der Waals surface area contributed by atoms with Crippen LogP contribution in [-0.2, 0) is 16.1 Å². The molecule has 1 aromatic heterocycles. The largest absolute Gasteiger partial charge is 0.444 e. The van der Waals surface area contributed by atoms with Gasteiger partial charge in [0.05, 0.1) is 19.3 Å². The molecule has 1 atom stereocenters. The molecule has 0 aromatic carbocycles. The summed E-state index contributed by atoms with van der Waals surface area (Å²) in [4.78, 5) is 17.6. The van der Waals surface area contributed by atoms with E-state index in [1.165, 1.54) is 0 Å². The first-order chi connectivity index (χ1) is 9.83. The molecule has 1 aliphatic heterocycles. The molecule has 0 saturated carbocycles. The van der Waals surface area contributed by atoms with Crippen molar-refractivity contribution in [3.05, 3.63) is 29.0 Å². The van der Waals surface area contributed by atoms with E-state index in [9.17, 15) is 4.79 Å². The smallest absolute Gasteiger partial charge is 0.410 e. The lowest BCUT2D eigenvalue weighted by molar-refractivity contribution is 0.0184. The topological polar surface area (TPSA) is 51.7 Å². The molecule has 0 bridgehead atoms. The van der Waals surface area contributed by atoms with Gasteiger partial charge in [0, 0.05) is 12.7 Å². The number of aromatic nitrogens is 1. The summed E-state index contributed by atoms with van der Waals surface area (Å²) in [6, 6.07) is 3.62. The molecule has 0 N–H and O–H groups in total. The monoisotopic (exact) mass is 312 g/mol. The number of hydrogen-bond donors (Lipinski definition) is 0. The third-order valence-corrected chi connectivity index (χ3v) is 3.29. The Bertz CT molecular complexity index is 485. The molecule has 2 rings (SSSR count). The van der Waals surface area contributed by atoms with Gasteiger partial charge < -0.3 is 14.4 Å². The third-order valence-electron chi connectivity index (χ3n) is 3.07. The SMILES string of the molecule is CC(C)(C)OC(=O)N1CCC(OCc2ccc(Cl)nc2)C1. The van der Waals surface area contributed by atoms with Crippen molar-refractivity contribution in [2.45, 2.75) is 45.5 Å². The molecule has 21 heavy (non-hydrogen) atoms. The summed E-state index contributed by atoms with van der Waals surface area (Å²) in [5.41, 5.74) is 0.500. The number of carbonyl (C=O) groups excluding carboxylic acids is 1. The van der Waals surface area contributed by atoms with Crippen LogP contribution in [-0.4, -0.2) is 40.8 Å². The normalized spacial score (nSPS) is 18.9. The van der Waals surface area contributed by atoms with Gasteiger partial charge in [-0.05, 0) is 38.8 Å². The minimum absolute atomic E-state index is 0.0354. The minimum Gasteiger partial charge on any atom is -0.444 e. The maximum atomic E-state index is 11.9. The standard InChI is InChI=1S/C15H21ClN2O3/c1-15(2,3)21-14(19)18-7-6-12(9-18)20-10-11-4-5-13(16)17-8-11/h4-5,8,12H,6-7,9-10H2,1-3H3. The van der Waals surface area contributed by atoms with E-state index < -0.39 is 5.60 Å². The van der Waals surface area contributed by atoms with Crippen LogP contribution in [0.4, 0.5) is 4.79 Å². The lowest BCUT2D eigenvalue weighted by Crippen LogP contribution is -2.36. The summed E-state index contributed by atoms with van der Waals surface area (Å²) < 4.78 is 11.2. The molecule has 5 nitrogen and oxygen atoms in total. The number of rotatable bonds is 3. The van der Waals surface area contributed by atoms with Crippen LogP contribution in [0, 0.1) is 0 Å². The van der Waals surface area contributed by atoms with E-state index in [0.717, 1.165) is 12.0 Å². The van der Waals surface area contributed by atoms with Gasteiger partial charge in [0.2, 0.25) is 0 Å². The Labute approximate surface area is 130 Å². The summed E-state index contributed by atoms with van der Waals surface area (Å²) in [6.45, 7) is 7.29. The molecule has 1 fully saturated rings. The maximum Gasteiger partial charge on any atom is 0.410 e. The molecule has 1 aromatic rings. The Morgan fingerprint density at radius 3 is 2.86 bits per heavy atom. The van der Waals surface area contributed by atoms with Crippen molar-refractivity contribution in [3.8, 4) is 0 Å². The number of likely N-dealkylation sites (tertiary alicyclic amines) is 1. The number of hydrogen-bond acceptors (Lipinski definition) is 4. The van der Waals surface area contributed by atoms with Gasteiger partial charge >= 0.3 is 6.09 Å². The van der Waals surface area contributed by atoms with Crippen molar-refractivity contribution in [3.63, 3.8) is 0 Å². The fourth-order valence-corrected chi connectivity index (χ4v) is 2.17. The molecule has 0 spiro atoms. The van der Waals surface area contributed by atoms with Gasteiger partial charge in [-0.1, -0.05) is 17.7 Å². The van der Waals surface area contributed by atoms with Gasteiger partial charge in [0.25, 0.3) is 0 Å². The molecule has 1 aliphatic rings. The Morgan fingerprint density at radius 1 is 1.48 bits per heavy atom. The number of nitrogens with zero attached hydrogens (tertiary/aromatic N) is 2. The van der Waals surface area contributed by atoms with Crippen LogP contribution < -0.4 is 0 Å². The van der Waals surface area contributed by atoms with E-state index in [2.05, 4.69) is 4.98 Å². The van der Waals surface area contributed by atoms with Gasteiger partial charge in [0.15, 0.2) is 0 Å². The molecule has 2 heterocycles. The molecule has 1 saturated heterocycles. The second kappa shape index (κ2) is 6.62. The van der Waals surface area contributed by atoms with E-state index in [1.54, 1.807) is 17.2 Å². The third kappa shape index (κ3) is 5.17. The average Bonchev–Trinajstić information content (AvgIpc) is 2.85. The second-order valence-electron chi connectivity index (χ2n) is 6.14. The van der Waals surface area contributed by atoms with Crippen molar-refractivity contribution in [1.29, 1.82) is 0 Å². The summed E-state index contributed by atoms with van der Waals surface area (Å²) in [5, 5.41) is 0.468. The van der Waals surface area contributed by atoms with Gasteiger partial charge in [-0.15, -0.1) is 0 Å². The highest BCUT2D eigenvalue weighted by Crippen LogP contribution is 2.18. The first-order valence-electron chi connectivity index (χ1n) is 7.03. The average molecular weight is 313 g/mol. The summed E-state index contributed by atoms with van der Waals surface area (Å²) in [7, 11) is 0. The zero-order valence-electron chi connectivity index (χ0n) is 12.6. The van der Waals surface area contributed by atoms with Crippen LogP contribution in [0.3, 0.4) is 0 Å². The Kier molecular flexibility index (Phi) is 5.06. The predicted molar refractivity (Wildman–Crippen MR) is 80.2 cm³/mol. The van der Waals surface area contributed by atoms with Crippen LogP contribution in [0.25, 0.3) is 0 Å². The van der Waals surface area contributed by atoms with Crippen molar-refractivity contribution in [2.24, 2.45) is 0 Å².